The highest BCUT2D eigenvalue weighted by atomic mass is 35.5. The van der Waals surface area contributed by atoms with Gasteiger partial charge >= 0.3 is 0 Å². The molecule has 0 saturated heterocycles. The van der Waals surface area contributed by atoms with Gasteiger partial charge in [0.05, 0.1) is 11.6 Å². The SMILES string of the molecule is ClCc1nc2c(s1)CCCc1ccccc1-2. The number of hydrogen-bond acceptors (Lipinski definition) is 2. The van der Waals surface area contributed by atoms with Crippen molar-refractivity contribution >= 4 is 22.9 Å². The van der Waals surface area contributed by atoms with Crippen molar-refractivity contribution in [2.45, 2.75) is 25.1 Å². The molecule has 0 aliphatic heterocycles. The molecule has 0 atom stereocenters. The number of nitrogens with zero attached hydrogens (tertiary/aromatic N) is 1. The first kappa shape index (κ1) is 10.3. The van der Waals surface area contributed by atoms with Crippen LogP contribution in [-0.4, -0.2) is 4.98 Å². The fraction of sp³-hybridized carbons (Fsp3) is 0.308. The van der Waals surface area contributed by atoms with E-state index in [1.807, 2.05) is 0 Å². The van der Waals surface area contributed by atoms with Crippen LogP contribution >= 0.6 is 22.9 Å². The van der Waals surface area contributed by atoms with Crippen LogP contribution in [0.25, 0.3) is 11.3 Å². The van der Waals surface area contributed by atoms with Gasteiger partial charge in [0, 0.05) is 10.4 Å². The summed E-state index contributed by atoms with van der Waals surface area (Å²) in [4.78, 5) is 6.06. The summed E-state index contributed by atoms with van der Waals surface area (Å²) in [6.07, 6.45) is 3.52. The molecule has 1 nitrogen and oxygen atoms in total. The van der Waals surface area contributed by atoms with E-state index in [1.54, 1.807) is 11.3 Å². The summed E-state index contributed by atoms with van der Waals surface area (Å²) < 4.78 is 0. The third-order valence-corrected chi connectivity index (χ3v) is 4.51. The van der Waals surface area contributed by atoms with E-state index in [9.17, 15) is 0 Å². The number of hydrogen-bond donors (Lipinski definition) is 0. The molecule has 1 aromatic heterocycles. The second kappa shape index (κ2) is 4.19. The highest BCUT2D eigenvalue weighted by Gasteiger charge is 2.18. The topological polar surface area (TPSA) is 12.9 Å². The van der Waals surface area contributed by atoms with E-state index >= 15 is 0 Å². The standard InChI is InChI=1S/C13H12ClNS/c14-8-12-15-13-10-6-2-1-4-9(10)5-3-7-11(13)16-12/h1-2,4,6H,3,5,7-8H2. The maximum absolute atomic E-state index is 5.86. The Hall–Kier alpha value is -0.860. The number of aromatic nitrogens is 1. The number of alkyl halides is 1. The van der Waals surface area contributed by atoms with Gasteiger partial charge < -0.3 is 0 Å². The molecular weight excluding hydrogens is 238 g/mol. The zero-order valence-corrected chi connectivity index (χ0v) is 10.4. The van der Waals surface area contributed by atoms with Gasteiger partial charge in [-0.15, -0.1) is 22.9 Å². The molecule has 0 unspecified atom stereocenters. The molecule has 0 radical (unpaired) electrons. The van der Waals surface area contributed by atoms with Crippen molar-refractivity contribution in [2.24, 2.45) is 0 Å². The first-order valence-corrected chi connectivity index (χ1v) is 6.86. The minimum Gasteiger partial charge on any atom is -0.240 e. The molecule has 16 heavy (non-hydrogen) atoms. The molecule has 0 amide bonds. The molecule has 0 saturated carbocycles. The van der Waals surface area contributed by atoms with Crippen molar-refractivity contribution in [1.29, 1.82) is 0 Å². The summed E-state index contributed by atoms with van der Waals surface area (Å²) in [6.45, 7) is 0. The molecule has 1 aromatic carbocycles. The summed E-state index contributed by atoms with van der Waals surface area (Å²) in [5.74, 6) is 0.528. The van der Waals surface area contributed by atoms with Crippen molar-refractivity contribution in [3.8, 4) is 11.3 Å². The largest absolute Gasteiger partial charge is 0.240 e. The molecule has 0 bridgehead atoms. The van der Waals surface area contributed by atoms with Crippen LogP contribution in [0.2, 0.25) is 0 Å². The average Bonchev–Trinajstić information content (AvgIpc) is 2.66. The molecule has 82 valence electrons. The van der Waals surface area contributed by atoms with Crippen LogP contribution in [-0.2, 0) is 18.7 Å². The average molecular weight is 250 g/mol. The Labute approximate surface area is 104 Å². The molecule has 2 aromatic rings. The van der Waals surface area contributed by atoms with Crippen molar-refractivity contribution in [3.63, 3.8) is 0 Å². The Morgan fingerprint density at radius 3 is 3.00 bits per heavy atom. The summed E-state index contributed by atoms with van der Waals surface area (Å²) in [5, 5.41) is 1.04. The van der Waals surface area contributed by atoms with Crippen LogP contribution < -0.4 is 0 Å². The lowest BCUT2D eigenvalue weighted by atomic mass is 10.0. The summed E-state index contributed by atoms with van der Waals surface area (Å²) in [7, 11) is 0. The van der Waals surface area contributed by atoms with Gasteiger partial charge in [0.15, 0.2) is 0 Å². The second-order valence-corrected chi connectivity index (χ2v) is 5.46. The van der Waals surface area contributed by atoms with Gasteiger partial charge in [0.1, 0.15) is 5.01 Å². The monoisotopic (exact) mass is 249 g/mol. The summed E-state index contributed by atoms with van der Waals surface area (Å²) in [5.41, 5.74) is 3.91. The Balaban J connectivity index is 2.20. The lowest BCUT2D eigenvalue weighted by molar-refractivity contribution is 0.843. The van der Waals surface area contributed by atoms with Gasteiger partial charge in [0.25, 0.3) is 0 Å². The molecule has 1 aliphatic rings. The lowest BCUT2D eigenvalue weighted by Crippen LogP contribution is -1.87. The zero-order valence-electron chi connectivity index (χ0n) is 8.87. The molecule has 0 spiro atoms. The molecular formula is C13H12ClNS. The maximum Gasteiger partial charge on any atom is 0.108 e. The van der Waals surface area contributed by atoms with E-state index in [2.05, 4.69) is 29.2 Å². The minimum absolute atomic E-state index is 0.528. The highest BCUT2D eigenvalue weighted by Crippen LogP contribution is 2.35. The lowest BCUT2D eigenvalue weighted by Gasteiger charge is -2.03. The first-order valence-electron chi connectivity index (χ1n) is 5.51. The van der Waals surface area contributed by atoms with Gasteiger partial charge in [-0.2, -0.15) is 0 Å². The summed E-state index contributed by atoms with van der Waals surface area (Å²) in [6, 6.07) is 8.59. The van der Waals surface area contributed by atoms with E-state index in [0.717, 1.165) is 17.8 Å². The van der Waals surface area contributed by atoms with Crippen LogP contribution in [0, 0.1) is 0 Å². The smallest absolute Gasteiger partial charge is 0.108 e. The van der Waals surface area contributed by atoms with E-state index in [-0.39, 0.29) is 0 Å². The fourth-order valence-electron chi connectivity index (χ4n) is 2.25. The maximum atomic E-state index is 5.86. The van der Waals surface area contributed by atoms with E-state index in [0.29, 0.717) is 5.88 Å². The molecule has 0 fully saturated rings. The van der Waals surface area contributed by atoms with Crippen molar-refractivity contribution in [1.82, 2.24) is 4.98 Å². The third kappa shape index (κ3) is 1.66. The van der Waals surface area contributed by atoms with E-state index in [1.165, 1.54) is 28.1 Å². The second-order valence-electron chi connectivity index (χ2n) is 4.02. The van der Waals surface area contributed by atoms with Crippen molar-refractivity contribution in [2.75, 3.05) is 0 Å². The number of aryl methyl sites for hydroxylation is 2. The van der Waals surface area contributed by atoms with Gasteiger partial charge in [-0.25, -0.2) is 4.98 Å². The zero-order chi connectivity index (χ0) is 11.0. The number of thiazole rings is 1. The normalized spacial score (nSPS) is 14.1. The van der Waals surface area contributed by atoms with Gasteiger partial charge in [0.2, 0.25) is 0 Å². The number of halogens is 1. The van der Waals surface area contributed by atoms with Crippen LogP contribution in [0.5, 0.6) is 0 Å². The van der Waals surface area contributed by atoms with Crippen molar-refractivity contribution < 1.29 is 0 Å². The number of rotatable bonds is 1. The molecule has 3 heteroatoms. The predicted molar refractivity (Wildman–Crippen MR) is 69.1 cm³/mol. The Morgan fingerprint density at radius 2 is 2.12 bits per heavy atom. The Morgan fingerprint density at radius 1 is 1.25 bits per heavy atom. The highest BCUT2D eigenvalue weighted by molar-refractivity contribution is 7.12. The third-order valence-electron chi connectivity index (χ3n) is 2.98. The van der Waals surface area contributed by atoms with Crippen LogP contribution in [0.1, 0.15) is 21.9 Å². The first-order chi connectivity index (χ1) is 7.88. The quantitative estimate of drug-likeness (QED) is 0.696. The molecule has 3 rings (SSSR count). The number of benzene rings is 1. The van der Waals surface area contributed by atoms with Crippen molar-refractivity contribution in [3.05, 3.63) is 39.7 Å². The minimum atomic E-state index is 0.528. The molecule has 1 heterocycles. The number of fused-ring (bicyclic) bond motifs is 3. The van der Waals surface area contributed by atoms with E-state index in [4.69, 9.17) is 11.6 Å². The van der Waals surface area contributed by atoms with Gasteiger partial charge in [-0.3, -0.25) is 0 Å². The van der Waals surface area contributed by atoms with Crippen LogP contribution in [0.4, 0.5) is 0 Å². The predicted octanol–water partition coefficient (Wildman–Crippen LogP) is 4.04. The Bertz CT molecular complexity index is 518. The van der Waals surface area contributed by atoms with Gasteiger partial charge in [-0.1, -0.05) is 24.3 Å². The van der Waals surface area contributed by atoms with E-state index < -0.39 is 0 Å². The summed E-state index contributed by atoms with van der Waals surface area (Å²) >= 11 is 7.63. The Kier molecular flexibility index (Phi) is 2.70. The fourth-order valence-corrected chi connectivity index (χ4v) is 3.44. The molecule has 0 N–H and O–H groups in total. The van der Waals surface area contributed by atoms with Crippen LogP contribution in [0.15, 0.2) is 24.3 Å². The molecule has 1 aliphatic carbocycles. The van der Waals surface area contributed by atoms with Gasteiger partial charge in [-0.05, 0) is 24.8 Å². The van der Waals surface area contributed by atoms with Crippen LogP contribution in [0.3, 0.4) is 0 Å².